The van der Waals surface area contributed by atoms with Crippen molar-refractivity contribution in [3.63, 3.8) is 0 Å². The number of rotatable bonds is 5. The van der Waals surface area contributed by atoms with Gasteiger partial charge in [0.05, 0.1) is 12.7 Å². The maximum absolute atomic E-state index is 12.0. The number of aromatic nitrogens is 1. The summed E-state index contributed by atoms with van der Waals surface area (Å²) in [5.41, 5.74) is 0.615. The van der Waals surface area contributed by atoms with Gasteiger partial charge in [-0.2, -0.15) is 0 Å². The van der Waals surface area contributed by atoms with E-state index in [0.717, 1.165) is 5.56 Å². The molecule has 0 radical (unpaired) electrons. The van der Waals surface area contributed by atoms with Gasteiger partial charge in [0.25, 0.3) is 5.91 Å². The lowest BCUT2D eigenvalue weighted by molar-refractivity contribution is 0.0690. The third-order valence-corrected chi connectivity index (χ3v) is 2.84. The predicted molar refractivity (Wildman–Crippen MR) is 75.4 cm³/mol. The number of carbonyl (C=O) groups is 2. The Bertz CT molecular complexity index is 670. The summed E-state index contributed by atoms with van der Waals surface area (Å²) in [6.07, 6.45) is 1.38. The highest BCUT2D eigenvalue weighted by Gasteiger charge is 2.17. The first kappa shape index (κ1) is 14.5. The molecule has 0 bridgehead atoms. The zero-order chi connectivity index (χ0) is 15.2. The summed E-state index contributed by atoms with van der Waals surface area (Å²) >= 11 is 0. The Labute approximate surface area is 121 Å². The van der Waals surface area contributed by atoms with Gasteiger partial charge in [-0.15, -0.1) is 0 Å². The molecule has 2 rings (SSSR count). The fraction of sp³-hybridized carbons (Fsp3) is 0.133. The standard InChI is InChI=1S/C15H14N2O4/c1-21-11-5-2-4-10(8-11)9-17-14(18)13-12(15(19)20)6-3-7-16-13/h2-8H,9H2,1H3,(H,17,18)(H,19,20). The number of aromatic carboxylic acids is 1. The lowest BCUT2D eigenvalue weighted by Gasteiger charge is -2.08. The molecule has 0 fully saturated rings. The van der Waals surface area contributed by atoms with Gasteiger partial charge in [-0.1, -0.05) is 12.1 Å². The van der Waals surface area contributed by atoms with Crippen LogP contribution in [0.2, 0.25) is 0 Å². The Balaban J connectivity index is 2.10. The molecule has 0 aliphatic rings. The van der Waals surface area contributed by atoms with Crippen molar-refractivity contribution in [2.45, 2.75) is 6.54 Å². The van der Waals surface area contributed by atoms with E-state index in [0.29, 0.717) is 5.75 Å². The van der Waals surface area contributed by atoms with Gasteiger partial charge in [0, 0.05) is 12.7 Å². The average molecular weight is 286 g/mol. The number of methoxy groups -OCH3 is 1. The number of nitrogens with zero attached hydrogens (tertiary/aromatic N) is 1. The minimum atomic E-state index is -1.19. The van der Waals surface area contributed by atoms with Gasteiger partial charge < -0.3 is 15.2 Å². The zero-order valence-corrected chi connectivity index (χ0v) is 11.4. The predicted octanol–water partition coefficient (Wildman–Crippen LogP) is 1.72. The highest BCUT2D eigenvalue weighted by atomic mass is 16.5. The van der Waals surface area contributed by atoms with Gasteiger partial charge in [0.1, 0.15) is 11.4 Å². The first-order chi connectivity index (χ1) is 10.1. The van der Waals surface area contributed by atoms with E-state index in [1.165, 1.54) is 18.3 Å². The number of hydrogen-bond donors (Lipinski definition) is 2. The van der Waals surface area contributed by atoms with E-state index in [4.69, 9.17) is 9.84 Å². The number of pyridine rings is 1. The molecule has 0 saturated carbocycles. The molecule has 0 atom stereocenters. The molecule has 1 aromatic heterocycles. The Hall–Kier alpha value is -2.89. The minimum Gasteiger partial charge on any atom is -0.497 e. The molecule has 6 heteroatoms. The van der Waals surface area contributed by atoms with Crippen LogP contribution in [-0.4, -0.2) is 29.1 Å². The molecule has 1 amide bonds. The molecule has 108 valence electrons. The summed E-state index contributed by atoms with van der Waals surface area (Å²) in [6, 6.07) is 10.0. The van der Waals surface area contributed by atoms with E-state index in [2.05, 4.69) is 10.3 Å². The van der Waals surface area contributed by atoms with E-state index in [9.17, 15) is 9.59 Å². The number of carboxylic acids is 1. The molecular formula is C15H14N2O4. The number of amides is 1. The second-order valence-corrected chi connectivity index (χ2v) is 4.24. The van der Waals surface area contributed by atoms with Crippen molar-refractivity contribution < 1.29 is 19.4 Å². The Morgan fingerprint density at radius 2 is 2.10 bits per heavy atom. The molecule has 0 spiro atoms. The van der Waals surface area contributed by atoms with Gasteiger partial charge >= 0.3 is 5.97 Å². The van der Waals surface area contributed by atoms with Crippen LogP contribution in [0.4, 0.5) is 0 Å². The topological polar surface area (TPSA) is 88.5 Å². The molecule has 2 N–H and O–H groups in total. The highest BCUT2D eigenvalue weighted by molar-refractivity contribution is 6.03. The van der Waals surface area contributed by atoms with Crippen molar-refractivity contribution in [2.24, 2.45) is 0 Å². The first-order valence-corrected chi connectivity index (χ1v) is 6.21. The summed E-state index contributed by atoms with van der Waals surface area (Å²) in [5.74, 6) is -1.03. The summed E-state index contributed by atoms with van der Waals surface area (Å²) in [4.78, 5) is 26.9. The summed E-state index contributed by atoms with van der Waals surface area (Å²) in [5, 5.41) is 11.7. The largest absolute Gasteiger partial charge is 0.497 e. The Kier molecular flexibility index (Phi) is 4.50. The van der Waals surface area contributed by atoms with Gasteiger partial charge in [-0.25, -0.2) is 4.79 Å². The quantitative estimate of drug-likeness (QED) is 0.873. The molecule has 0 unspecified atom stereocenters. The van der Waals surface area contributed by atoms with E-state index in [1.54, 1.807) is 19.2 Å². The van der Waals surface area contributed by atoms with E-state index >= 15 is 0 Å². The van der Waals surface area contributed by atoms with Crippen molar-refractivity contribution in [1.82, 2.24) is 10.3 Å². The van der Waals surface area contributed by atoms with E-state index in [1.807, 2.05) is 12.1 Å². The number of hydrogen-bond acceptors (Lipinski definition) is 4. The molecule has 0 saturated heterocycles. The number of ether oxygens (including phenoxy) is 1. The SMILES string of the molecule is COc1cccc(CNC(=O)c2ncccc2C(=O)O)c1. The molecule has 0 aliphatic carbocycles. The van der Waals surface area contributed by atoms with Gasteiger partial charge in [0.2, 0.25) is 0 Å². The fourth-order valence-electron chi connectivity index (χ4n) is 1.81. The first-order valence-electron chi connectivity index (χ1n) is 6.21. The number of nitrogens with one attached hydrogen (secondary N) is 1. The number of carboxylic acid groups (broad SMARTS) is 1. The maximum Gasteiger partial charge on any atom is 0.338 e. The van der Waals surface area contributed by atoms with E-state index < -0.39 is 11.9 Å². The van der Waals surface area contributed by atoms with Crippen LogP contribution < -0.4 is 10.1 Å². The monoisotopic (exact) mass is 286 g/mol. The van der Waals surface area contributed by atoms with Gasteiger partial charge in [-0.05, 0) is 29.8 Å². The molecule has 2 aromatic rings. The van der Waals surface area contributed by atoms with Crippen LogP contribution >= 0.6 is 0 Å². The van der Waals surface area contributed by atoms with Crippen molar-refractivity contribution in [3.8, 4) is 5.75 Å². The van der Waals surface area contributed by atoms with E-state index in [-0.39, 0.29) is 17.8 Å². The van der Waals surface area contributed by atoms with Crippen LogP contribution in [0.25, 0.3) is 0 Å². The van der Waals surface area contributed by atoms with Crippen LogP contribution in [0, 0.1) is 0 Å². The van der Waals surface area contributed by atoms with Crippen molar-refractivity contribution >= 4 is 11.9 Å². The zero-order valence-electron chi connectivity index (χ0n) is 11.4. The Morgan fingerprint density at radius 3 is 2.81 bits per heavy atom. The normalized spacial score (nSPS) is 9.95. The molecule has 0 aliphatic heterocycles. The lowest BCUT2D eigenvalue weighted by atomic mass is 10.1. The second-order valence-electron chi connectivity index (χ2n) is 4.24. The molecule has 1 heterocycles. The smallest absolute Gasteiger partial charge is 0.338 e. The third kappa shape index (κ3) is 3.56. The van der Waals surface area contributed by atoms with Crippen molar-refractivity contribution in [2.75, 3.05) is 7.11 Å². The summed E-state index contributed by atoms with van der Waals surface area (Å²) in [7, 11) is 1.56. The van der Waals surface area contributed by atoms with Crippen LogP contribution in [-0.2, 0) is 6.54 Å². The molecular weight excluding hydrogens is 272 g/mol. The average Bonchev–Trinajstić information content (AvgIpc) is 2.52. The highest BCUT2D eigenvalue weighted by Crippen LogP contribution is 2.12. The van der Waals surface area contributed by atoms with Crippen molar-refractivity contribution in [1.29, 1.82) is 0 Å². The lowest BCUT2D eigenvalue weighted by Crippen LogP contribution is -2.26. The molecule has 21 heavy (non-hydrogen) atoms. The molecule has 1 aromatic carbocycles. The second kappa shape index (κ2) is 6.51. The Morgan fingerprint density at radius 1 is 1.29 bits per heavy atom. The minimum absolute atomic E-state index is 0.104. The van der Waals surface area contributed by atoms with Crippen LogP contribution in [0.1, 0.15) is 26.4 Å². The van der Waals surface area contributed by atoms with Crippen LogP contribution in [0.15, 0.2) is 42.6 Å². The van der Waals surface area contributed by atoms with Crippen LogP contribution in [0.3, 0.4) is 0 Å². The maximum atomic E-state index is 12.0. The van der Waals surface area contributed by atoms with Gasteiger partial charge in [0.15, 0.2) is 0 Å². The summed E-state index contributed by atoms with van der Waals surface area (Å²) in [6.45, 7) is 0.256. The molecule has 6 nitrogen and oxygen atoms in total. The van der Waals surface area contributed by atoms with Crippen molar-refractivity contribution in [3.05, 3.63) is 59.4 Å². The van der Waals surface area contributed by atoms with Gasteiger partial charge in [-0.3, -0.25) is 9.78 Å². The number of benzene rings is 1. The van der Waals surface area contributed by atoms with Crippen LogP contribution in [0.5, 0.6) is 5.75 Å². The number of carbonyl (C=O) groups excluding carboxylic acids is 1. The fourth-order valence-corrected chi connectivity index (χ4v) is 1.81. The summed E-state index contributed by atoms with van der Waals surface area (Å²) < 4.78 is 5.09. The third-order valence-electron chi connectivity index (χ3n) is 2.84.